The van der Waals surface area contributed by atoms with Gasteiger partial charge in [0, 0.05) is 24.2 Å². The molecule has 174 valence electrons. The minimum absolute atomic E-state index is 0.0557. The van der Waals surface area contributed by atoms with Crippen LogP contribution in [0.3, 0.4) is 0 Å². The normalized spacial score (nSPS) is 22.1. The molecule has 9 heteroatoms. The highest BCUT2D eigenvalue weighted by atomic mass is 35.5. The molecule has 2 aliphatic rings. The molecule has 7 nitrogen and oxygen atoms in total. The molecule has 1 N–H and O–H groups in total. The quantitative estimate of drug-likeness (QED) is 0.360. The molecule has 2 aliphatic heterocycles. The maximum absolute atomic E-state index is 13.2. The third-order valence-corrected chi connectivity index (χ3v) is 6.43. The van der Waals surface area contributed by atoms with Crippen LogP contribution in [0.5, 0.6) is 11.5 Å². The summed E-state index contributed by atoms with van der Waals surface area (Å²) < 4.78 is 16.3. The number of benzene rings is 2. The number of ketones is 1. The lowest BCUT2D eigenvalue weighted by Gasteiger charge is -2.27. The maximum atomic E-state index is 13.2. The predicted molar refractivity (Wildman–Crippen MR) is 124 cm³/mol. The van der Waals surface area contributed by atoms with Crippen LogP contribution in [0.1, 0.15) is 30.0 Å². The third kappa shape index (κ3) is 4.40. The Morgan fingerprint density at radius 1 is 1.12 bits per heavy atom. The fraction of sp³-hybridized carbons (Fsp3) is 0.333. The van der Waals surface area contributed by atoms with Gasteiger partial charge >= 0.3 is 0 Å². The van der Waals surface area contributed by atoms with Gasteiger partial charge in [0.2, 0.25) is 0 Å². The highest BCUT2D eigenvalue weighted by Crippen LogP contribution is 2.43. The predicted octanol–water partition coefficient (Wildman–Crippen LogP) is 4.61. The summed E-state index contributed by atoms with van der Waals surface area (Å²) in [5.41, 5.74) is 0.758. The van der Waals surface area contributed by atoms with Crippen molar-refractivity contribution >= 4 is 40.7 Å². The first-order valence-electron chi connectivity index (χ1n) is 10.4. The van der Waals surface area contributed by atoms with Gasteiger partial charge in [-0.2, -0.15) is 0 Å². The summed E-state index contributed by atoms with van der Waals surface area (Å²) in [6, 6.07) is 8.94. The van der Waals surface area contributed by atoms with E-state index in [4.69, 9.17) is 37.4 Å². The first-order valence-corrected chi connectivity index (χ1v) is 11.2. The van der Waals surface area contributed by atoms with Crippen LogP contribution in [-0.2, 0) is 14.3 Å². The van der Waals surface area contributed by atoms with Crippen molar-refractivity contribution in [3.8, 4) is 11.5 Å². The molecule has 33 heavy (non-hydrogen) atoms. The van der Waals surface area contributed by atoms with Gasteiger partial charge in [-0.15, -0.1) is 0 Å². The Hall–Kier alpha value is -2.74. The highest BCUT2D eigenvalue weighted by molar-refractivity contribution is 6.46. The molecule has 1 amide bonds. The highest BCUT2D eigenvalue weighted by Gasteiger charge is 2.47. The maximum Gasteiger partial charge on any atom is 0.295 e. The molecule has 2 aromatic rings. The topological polar surface area (TPSA) is 85.3 Å². The molecule has 2 heterocycles. The number of nitrogens with zero attached hydrogens (tertiary/aromatic N) is 1. The number of methoxy groups -OCH3 is 2. The van der Waals surface area contributed by atoms with Crippen molar-refractivity contribution in [1.82, 2.24) is 4.90 Å². The summed E-state index contributed by atoms with van der Waals surface area (Å²) in [4.78, 5) is 27.7. The number of halogens is 2. The van der Waals surface area contributed by atoms with Crippen LogP contribution in [0.15, 0.2) is 42.0 Å². The number of Topliss-reactive ketones (excluding diaryl/α,β-unsaturated/α-hetero) is 1. The van der Waals surface area contributed by atoms with Gasteiger partial charge in [0.25, 0.3) is 11.7 Å². The zero-order valence-electron chi connectivity index (χ0n) is 18.1. The average molecular weight is 492 g/mol. The van der Waals surface area contributed by atoms with E-state index in [-0.39, 0.29) is 40.3 Å². The van der Waals surface area contributed by atoms with Crippen LogP contribution in [0.25, 0.3) is 5.76 Å². The van der Waals surface area contributed by atoms with Gasteiger partial charge < -0.3 is 24.2 Å². The van der Waals surface area contributed by atoms with E-state index in [1.54, 1.807) is 24.3 Å². The van der Waals surface area contributed by atoms with Crippen molar-refractivity contribution in [2.45, 2.75) is 25.0 Å². The Kier molecular flexibility index (Phi) is 6.83. The summed E-state index contributed by atoms with van der Waals surface area (Å²) in [7, 11) is 2.88. The van der Waals surface area contributed by atoms with Crippen molar-refractivity contribution in [1.29, 1.82) is 0 Å². The van der Waals surface area contributed by atoms with Crippen LogP contribution in [0, 0.1) is 0 Å². The lowest BCUT2D eigenvalue weighted by Crippen LogP contribution is -2.36. The molecule has 2 aromatic carbocycles. The monoisotopic (exact) mass is 491 g/mol. The van der Waals surface area contributed by atoms with E-state index < -0.39 is 17.7 Å². The fourth-order valence-electron chi connectivity index (χ4n) is 4.26. The zero-order valence-corrected chi connectivity index (χ0v) is 19.7. The average Bonchev–Trinajstić information content (AvgIpc) is 3.41. The van der Waals surface area contributed by atoms with Crippen molar-refractivity contribution < 1.29 is 28.9 Å². The van der Waals surface area contributed by atoms with Crippen molar-refractivity contribution in [2.24, 2.45) is 0 Å². The van der Waals surface area contributed by atoms with Gasteiger partial charge in [0.1, 0.15) is 17.3 Å². The number of aliphatic hydroxyl groups is 1. The second-order valence-corrected chi connectivity index (χ2v) is 8.67. The molecule has 0 spiro atoms. The van der Waals surface area contributed by atoms with Gasteiger partial charge in [0.05, 0.1) is 42.5 Å². The fourth-order valence-corrected chi connectivity index (χ4v) is 4.62. The molecular weight excluding hydrogens is 469 g/mol. The molecule has 2 fully saturated rings. The summed E-state index contributed by atoms with van der Waals surface area (Å²) in [6.45, 7) is 0.844. The Balaban J connectivity index is 1.88. The van der Waals surface area contributed by atoms with Gasteiger partial charge in [-0.1, -0.05) is 35.3 Å². The van der Waals surface area contributed by atoms with E-state index in [2.05, 4.69) is 0 Å². The van der Waals surface area contributed by atoms with Gasteiger partial charge in [-0.25, -0.2) is 0 Å². The molecule has 4 rings (SSSR count). The van der Waals surface area contributed by atoms with Gasteiger partial charge in [-0.3, -0.25) is 9.59 Å². The molecule has 2 unspecified atom stereocenters. The summed E-state index contributed by atoms with van der Waals surface area (Å²) in [5.74, 6) is -1.29. The summed E-state index contributed by atoms with van der Waals surface area (Å²) >= 11 is 12.3. The van der Waals surface area contributed by atoms with Crippen LogP contribution in [-0.4, -0.2) is 55.2 Å². The van der Waals surface area contributed by atoms with Crippen molar-refractivity contribution in [2.75, 3.05) is 27.4 Å². The molecule has 0 radical (unpaired) electrons. The van der Waals surface area contributed by atoms with E-state index in [1.807, 2.05) is 0 Å². The number of ether oxygens (including phenoxy) is 3. The van der Waals surface area contributed by atoms with Crippen LogP contribution in [0.2, 0.25) is 10.0 Å². The summed E-state index contributed by atoms with van der Waals surface area (Å²) in [6.07, 6.45) is 1.50. The number of aliphatic hydroxyl groups excluding tert-OH is 1. The minimum Gasteiger partial charge on any atom is -0.507 e. The third-order valence-electron chi connectivity index (χ3n) is 5.88. The second kappa shape index (κ2) is 9.63. The lowest BCUT2D eigenvalue weighted by molar-refractivity contribution is -0.140. The van der Waals surface area contributed by atoms with E-state index in [0.29, 0.717) is 22.9 Å². The van der Waals surface area contributed by atoms with E-state index >= 15 is 0 Å². The van der Waals surface area contributed by atoms with E-state index in [1.165, 1.54) is 31.3 Å². The van der Waals surface area contributed by atoms with Gasteiger partial charge in [0.15, 0.2) is 0 Å². The molecule has 0 saturated carbocycles. The van der Waals surface area contributed by atoms with Crippen LogP contribution < -0.4 is 9.47 Å². The minimum atomic E-state index is -0.822. The number of hydrogen-bond donors (Lipinski definition) is 1. The number of carbonyl (C=O) groups is 2. The van der Waals surface area contributed by atoms with E-state index in [9.17, 15) is 14.7 Å². The van der Waals surface area contributed by atoms with Gasteiger partial charge in [-0.05, 0) is 36.6 Å². The number of rotatable bonds is 6. The van der Waals surface area contributed by atoms with Crippen molar-refractivity contribution in [3.63, 3.8) is 0 Å². The Morgan fingerprint density at radius 2 is 1.82 bits per heavy atom. The van der Waals surface area contributed by atoms with Crippen LogP contribution >= 0.6 is 23.2 Å². The number of amides is 1. The number of likely N-dealkylation sites (tertiary alicyclic amines) is 1. The van der Waals surface area contributed by atoms with Crippen molar-refractivity contribution in [3.05, 3.63) is 63.1 Å². The molecule has 0 aromatic heterocycles. The second-order valence-electron chi connectivity index (χ2n) is 7.83. The Bertz CT molecular complexity index is 1110. The smallest absolute Gasteiger partial charge is 0.295 e. The number of hydrogen-bond acceptors (Lipinski definition) is 6. The number of carbonyl (C=O) groups excluding carboxylic acids is 2. The molecular formula is C24H23Cl2NO6. The molecule has 0 aliphatic carbocycles. The van der Waals surface area contributed by atoms with Crippen LogP contribution in [0.4, 0.5) is 0 Å². The first kappa shape index (κ1) is 23.4. The Morgan fingerprint density at radius 3 is 2.42 bits per heavy atom. The lowest BCUT2D eigenvalue weighted by atomic mass is 9.95. The standard InChI is InChI=1S/C24H23Cl2NO6/c1-31-18-11-19(32-2)17(26)10-16(18)22(28)20-21(13-5-7-14(25)8-6-13)27(24(30)23(20)29)12-15-4-3-9-33-15/h5-8,10-11,15,21,28H,3-4,9,12H2,1-2H3/b22-20+. The zero-order chi connectivity index (χ0) is 23.7. The Labute approximate surface area is 201 Å². The summed E-state index contributed by atoms with van der Waals surface area (Å²) in [5, 5.41) is 12.0. The molecule has 2 saturated heterocycles. The largest absolute Gasteiger partial charge is 0.507 e. The molecule has 0 bridgehead atoms. The molecule has 2 atom stereocenters. The SMILES string of the molecule is COc1cc(OC)c(/C(O)=C2\C(=O)C(=O)N(CC3CCCO3)C2c2ccc(Cl)cc2)cc1Cl. The van der Waals surface area contributed by atoms with E-state index in [0.717, 1.165) is 12.8 Å². The first-order chi connectivity index (χ1) is 15.8.